The molecule has 0 radical (unpaired) electrons. The van der Waals surface area contributed by atoms with Crippen molar-refractivity contribution in [2.45, 2.75) is 38.7 Å². The lowest BCUT2D eigenvalue weighted by atomic mass is 9.84. The van der Waals surface area contributed by atoms with E-state index in [-0.39, 0.29) is 5.56 Å². The first-order valence-electron chi connectivity index (χ1n) is 7.07. The van der Waals surface area contributed by atoms with Crippen LogP contribution in [0.5, 0.6) is 5.75 Å². The van der Waals surface area contributed by atoms with Crippen molar-refractivity contribution >= 4 is 0 Å². The van der Waals surface area contributed by atoms with Gasteiger partial charge in [-0.2, -0.15) is 5.26 Å². The molecule has 0 unspecified atom stereocenters. The molecular weight excluding hydrogens is 297 g/mol. The van der Waals surface area contributed by atoms with Crippen molar-refractivity contribution in [1.29, 1.82) is 5.26 Å². The number of halogens is 3. The van der Waals surface area contributed by atoms with Gasteiger partial charge in [-0.05, 0) is 43.6 Å². The minimum atomic E-state index is -4.87. The lowest BCUT2D eigenvalue weighted by Crippen LogP contribution is -2.39. The molecule has 1 heterocycles. The molecule has 22 heavy (non-hydrogen) atoms. The van der Waals surface area contributed by atoms with Gasteiger partial charge in [0.25, 0.3) is 0 Å². The summed E-state index contributed by atoms with van der Waals surface area (Å²) in [6.45, 7) is 5.15. The summed E-state index contributed by atoms with van der Waals surface area (Å²) >= 11 is 0. The molecule has 1 aromatic rings. The fraction of sp³-hybridized carbons (Fsp3) is 0.533. The second-order valence-electron chi connectivity index (χ2n) is 4.65. The highest BCUT2D eigenvalue weighted by Crippen LogP contribution is 2.35. The highest BCUT2D eigenvalue weighted by atomic mass is 19.4. The molecule has 122 valence electrons. The summed E-state index contributed by atoms with van der Waals surface area (Å²) in [5, 5.41) is 22.3. The zero-order valence-electron chi connectivity index (χ0n) is 12.5. The Labute approximate surface area is 127 Å². The van der Waals surface area contributed by atoms with Gasteiger partial charge in [-0.15, -0.1) is 13.2 Å². The van der Waals surface area contributed by atoms with Crippen LogP contribution >= 0.6 is 0 Å². The Kier molecular flexibility index (Phi) is 6.21. The average molecular weight is 316 g/mol. The number of benzene rings is 1. The Morgan fingerprint density at radius 1 is 1.27 bits per heavy atom. The van der Waals surface area contributed by atoms with Gasteiger partial charge in [0.2, 0.25) is 0 Å². The van der Waals surface area contributed by atoms with Crippen LogP contribution in [0, 0.1) is 11.3 Å². The maximum absolute atomic E-state index is 12.3. The molecule has 1 aliphatic rings. The molecule has 0 atom stereocenters. The Balaban J connectivity index is 0.00000116. The zero-order valence-corrected chi connectivity index (χ0v) is 12.5. The van der Waals surface area contributed by atoms with Crippen molar-refractivity contribution in [3.63, 3.8) is 0 Å². The van der Waals surface area contributed by atoms with Crippen molar-refractivity contribution in [2.75, 3.05) is 13.1 Å². The summed E-state index contributed by atoms with van der Waals surface area (Å²) in [6, 6.07) is 5.43. The van der Waals surface area contributed by atoms with Gasteiger partial charge < -0.3 is 15.2 Å². The number of aliphatic hydroxyl groups is 1. The van der Waals surface area contributed by atoms with Crippen LogP contribution < -0.4 is 10.1 Å². The number of alkyl halides is 3. The summed E-state index contributed by atoms with van der Waals surface area (Å²) < 4.78 is 40.8. The number of hydrogen-bond acceptors (Lipinski definition) is 4. The molecule has 0 amide bonds. The second kappa shape index (κ2) is 7.47. The van der Waals surface area contributed by atoms with Crippen molar-refractivity contribution in [3.8, 4) is 11.8 Å². The quantitative estimate of drug-likeness (QED) is 0.880. The topological polar surface area (TPSA) is 65.3 Å². The summed E-state index contributed by atoms with van der Waals surface area (Å²) in [5.41, 5.74) is -1.08. The lowest BCUT2D eigenvalue weighted by Gasteiger charge is -2.33. The lowest BCUT2D eigenvalue weighted by molar-refractivity contribution is -0.274. The molecule has 1 saturated heterocycles. The first-order chi connectivity index (χ1) is 10.3. The van der Waals surface area contributed by atoms with Crippen molar-refractivity contribution in [1.82, 2.24) is 5.32 Å². The third-order valence-electron chi connectivity index (χ3n) is 3.30. The van der Waals surface area contributed by atoms with Crippen LogP contribution in [0.2, 0.25) is 0 Å². The highest BCUT2D eigenvalue weighted by Gasteiger charge is 2.35. The molecule has 0 aliphatic carbocycles. The van der Waals surface area contributed by atoms with Gasteiger partial charge in [0, 0.05) is 0 Å². The van der Waals surface area contributed by atoms with E-state index in [9.17, 15) is 18.3 Å². The summed E-state index contributed by atoms with van der Waals surface area (Å²) in [6.07, 6.45) is -4.09. The Morgan fingerprint density at radius 2 is 1.86 bits per heavy atom. The molecule has 0 spiro atoms. The SMILES string of the molecule is CC.N#Cc1ccc(C2(O)CCNCC2)cc1OC(F)(F)F. The fourth-order valence-electron chi connectivity index (χ4n) is 2.24. The molecule has 7 heteroatoms. The first-order valence-corrected chi connectivity index (χ1v) is 7.07. The summed E-state index contributed by atoms with van der Waals surface area (Å²) in [7, 11) is 0. The predicted molar refractivity (Wildman–Crippen MR) is 75.2 cm³/mol. The molecule has 0 saturated carbocycles. The molecule has 0 aromatic heterocycles. The van der Waals surface area contributed by atoms with E-state index in [0.29, 0.717) is 31.5 Å². The summed E-state index contributed by atoms with van der Waals surface area (Å²) in [4.78, 5) is 0. The van der Waals surface area contributed by atoms with E-state index in [1.165, 1.54) is 12.1 Å². The van der Waals surface area contributed by atoms with E-state index in [0.717, 1.165) is 6.07 Å². The summed E-state index contributed by atoms with van der Waals surface area (Å²) in [5.74, 6) is -0.579. The van der Waals surface area contributed by atoms with Gasteiger partial charge in [0.15, 0.2) is 0 Å². The molecule has 0 bridgehead atoms. The van der Waals surface area contributed by atoms with E-state index in [1.807, 2.05) is 13.8 Å². The van der Waals surface area contributed by atoms with E-state index < -0.39 is 17.7 Å². The van der Waals surface area contributed by atoms with Crippen LogP contribution in [0.4, 0.5) is 13.2 Å². The third kappa shape index (κ3) is 4.61. The number of nitriles is 1. The maximum Gasteiger partial charge on any atom is 0.573 e. The Bertz CT molecular complexity index is 533. The predicted octanol–water partition coefficient (Wildman–Crippen LogP) is 3.05. The standard InChI is InChI=1S/C13H13F3N2O2.C2H6/c14-13(15,16)20-11-7-10(2-1-9(11)8-17)12(19)3-5-18-6-4-12;1-2/h1-2,7,18-19H,3-6H2;1-2H3. The minimum absolute atomic E-state index is 0.219. The van der Waals surface area contributed by atoms with E-state index in [4.69, 9.17) is 5.26 Å². The number of nitrogens with one attached hydrogen (secondary N) is 1. The molecule has 2 rings (SSSR count). The van der Waals surface area contributed by atoms with Crippen LogP contribution in [-0.2, 0) is 5.60 Å². The van der Waals surface area contributed by atoms with Crippen LogP contribution in [0.1, 0.15) is 37.8 Å². The van der Waals surface area contributed by atoms with Gasteiger partial charge >= 0.3 is 6.36 Å². The van der Waals surface area contributed by atoms with Crippen LogP contribution in [0.15, 0.2) is 18.2 Å². The molecule has 4 nitrogen and oxygen atoms in total. The molecular formula is C15H19F3N2O2. The van der Waals surface area contributed by atoms with Crippen LogP contribution in [-0.4, -0.2) is 24.6 Å². The van der Waals surface area contributed by atoms with Crippen LogP contribution in [0.3, 0.4) is 0 Å². The fourth-order valence-corrected chi connectivity index (χ4v) is 2.24. The smallest absolute Gasteiger partial charge is 0.404 e. The number of hydrogen-bond donors (Lipinski definition) is 2. The average Bonchev–Trinajstić information content (AvgIpc) is 2.48. The monoisotopic (exact) mass is 316 g/mol. The first kappa shape index (κ1) is 18.3. The zero-order chi connectivity index (χ0) is 16.8. The number of nitrogens with zero attached hydrogens (tertiary/aromatic N) is 1. The minimum Gasteiger partial charge on any atom is -0.404 e. The second-order valence-corrected chi connectivity index (χ2v) is 4.65. The van der Waals surface area contributed by atoms with E-state index in [1.54, 1.807) is 6.07 Å². The number of piperidine rings is 1. The van der Waals surface area contributed by atoms with Crippen LogP contribution in [0.25, 0.3) is 0 Å². The van der Waals surface area contributed by atoms with E-state index >= 15 is 0 Å². The molecule has 2 N–H and O–H groups in total. The number of rotatable bonds is 2. The van der Waals surface area contributed by atoms with Crippen molar-refractivity contribution in [2.24, 2.45) is 0 Å². The number of ether oxygens (including phenoxy) is 1. The third-order valence-corrected chi connectivity index (χ3v) is 3.30. The van der Waals surface area contributed by atoms with Gasteiger partial charge in [0.05, 0.1) is 11.2 Å². The van der Waals surface area contributed by atoms with Crippen molar-refractivity contribution in [3.05, 3.63) is 29.3 Å². The molecule has 1 aliphatic heterocycles. The van der Waals surface area contributed by atoms with Gasteiger partial charge in [-0.25, -0.2) is 0 Å². The normalized spacial score (nSPS) is 17.0. The maximum atomic E-state index is 12.3. The van der Waals surface area contributed by atoms with Gasteiger partial charge in [-0.3, -0.25) is 0 Å². The Hall–Kier alpha value is -1.78. The van der Waals surface area contributed by atoms with Gasteiger partial charge in [-0.1, -0.05) is 19.9 Å². The largest absolute Gasteiger partial charge is 0.573 e. The Morgan fingerprint density at radius 3 is 2.36 bits per heavy atom. The van der Waals surface area contributed by atoms with E-state index in [2.05, 4.69) is 10.1 Å². The van der Waals surface area contributed by atoms with Gasteiger partial charge in [0.1, 0.15) is 11.8 Å². The van der Waals surface area contributed by atoms with Crippen molar-refractivity contribution < 1.29 is 23.0 Å². The molecule has 1 aromatic carbocycles. The highest BCUT2D eigenvalue weighted by molar-refractivity contribution is 5.47. The molecule has 1 fully saturated rings.